The van der Waals surface area contributed by atoms with Gasteiger partial charge in [0.05, 0.1) is 6.04 Å². The predicted molar refractivity (Wildman–Crippen MR) is 69.5 cm³/mol. The van der Waals surface area contributed by atoms with Crippen molar-refractivity contribution in [2.24, 2.45) is 0 Å². The highest BCUT2D eigenvalue weighted by Crippen LogP contribution is 2.31. The molecule has 0 amide bonds. The fourth-order valence-corrected chi connectivity index (χ4v) is 2.47. The molecule has 1 aliphatic carbocycles. The zero-order valence-electron chi connectivity index (χ0n) is 10.6. The summed E-state index contributed by atoms with van der Waals surface area (Å²) in [4.78, 5) is 0. The molecule has 1 N–H and O–H groups in total. The van der Waals surface area contributed by atoms with Gasteiger partial charge in [0.2, 0.25) is 0 Å². The zero-order chi connectivity index (χ0) is 12.3. The molecule has 0 aliphatic heterocycles. The molecule has 2 rings (SSSR count). The highest BCUT2D eigenvalue weighted by molar-refractivity contribution is 5.33. The lowest BCUT2D eigenvalue weighted by Gasteiger charge is -2.20. The third-order valence-electron chi connectivity index (χ3n) is 3.37. The van der Waals surface area contributed by atoms with Crippen LogP contribution < -0.4 is 5.32 Å². The van der Waals surface area contributed by atoms with Gasteiger partial charge in [-0.25, -0.2) is 4.39 Å². The van der Waals surface area contributed by atoms with Crippen molar-refractivity contribution < 1.29 is 4.39 Å². The van der Waals surface area contributed by atoms with Crippen molar-refractivity contribution in [3.63, 3.8) is 0 Å². The molecule has 1 aliphatic rings. The molecule has 17 heavy (non-hydrogen) atoms. The van der Waals surface area contributed by atoms with Crippen LogP contribution in [0.3, 0.4) is 0 Å². The van der Waals surface area contributed by atoms with Crippen LogP contribution in [-0.2, 0) is 0 Å². The standard InChI is InChI=1S/C15H20FN/c1-3-17-15(12-6-4-5-7-12)13-8-9-14(16)11(2)10-13/h6,8-10,15,17H,3-5,7H2,1-2H3. The number of hydrogen-bond donors (Lipinski definition) is 1. The molecule has 0 bridgehead atoms. The molecule has 0 saturated carbocycles. The van der Waals surface area contributed by atoms with E-state index in [9.17, 15) is 4.39 Å². The van der Waals surface area contributed by atoms with Crippen LogP contribution in [0.1, 0.15) is 43.4 Å². The molecule has 2 heteroatoms. The normalized spacial score (nSPS) is 17.0. The van der Waals surface area contributed by atoms with E-state index in [2.05, 4.69) is 18.3 Å². The molecule has 1 aromatic carbocycles. The Morgan fingerprint density at radius 2 is 2.24 bits per heavy atom. The molecule has 0 fully saturated rings. The molecule has 0 aromatic heterocycles. The molecule has 1 atom stereocenters. The Hall–Kier alpha value is -1.15. The maximum Gasteiger partial charge on any atom is 0.126 e. The van der Waals surface area contributed by atoms with Crippen molar-refractivity contribution in [2.45, 2.75) is 39.2 Å². The van der Waals surface area contributed by atoms with Crippen LogP contribution in [-0.4, -0.2) is 6.54 Å². The van der Waals surface area contributed by atoms with E-state index in [1.54, 1.807) is 6.07 Å². The Morgan fingerprint density at radius 1 is 1.41 bits per heavy atom. The average molecular weight is 233 g/mol. The van der Waals surface area contributed by atoms with Crippen LogP contribution in [0, 0.1) is 12.7 Å². The van der Waals surface area contributed by atoms with Crippen molar-refractivity contribution >= 4 is 0 Å². The van der Waals surface area contributed by atoms with E-state index in [0.29, 0.717) is 0 Å². The molecular weight excluding hydrogens is 213 g/mol. The summed E-state index contributed by atoms with van der Waals surface area (Å²) < 4.78 is 13.3. The third-order valence-corrected chi connectivity index (χ3v) is 3.37. The Labute approximate surface area is 103 Å². The van der Waals surface area contributed by atoms with Gasteiger partial charge in [-0.15, -0.1) is 0 Å². The maximum absolute atomic E-state index is 13.3. The first-order valence-electron chi connectivity index (χ1n) is 6.40. The number of likely N-dealkylation sites (N-methyl/N-ethyl adjacent to an activating group) is 1. The summed E-state index contributed by atoms with van der Waals surface area (Å²) in [6.45, 7) is 4.86. The summed E-state index contributed by atoms with van der Waals surface area (Å²) in [5.41, 5.74) is 3.36. The lowest BCUT2D eigenvalue weighted by molar-refractivity contribution is 0.594. The molecule has 0 spiro atoms. The average Bonchev–Trinajstić information content (AvgIpc) is 2.83. The van der Waals surface area contributed by atoms with E-state index < -0.39 is 0 Å². The summed E-state index contributed by atoms with van der Waals surface area (Å²) in [6.07, 6.45) is 5.91. The van der Waals surface area contributed by atoms with Crippen LogP contribution >= 0.6 is 0 Å². The molecule has 0 saturated heterocycles. The first-order valence-corrected chi connectivity index (χ1v) is 6.40. The van der Waals surface area contributed by atoms with Gasteiger partial charge in [0, 0.05) is 0 Å². The monoisotopic (exact) mass is 233 g/mol. The zero-order valence-corrected chi connectivity index (χ0v) is 10.6. The second-order valence-corrected chi connectivity index (χ2v) is 4.67. The third kappa shape index (κ3) is 2.75. The first kappa shape index (κ1) is 12.3. The molecule has 1 aromatic rings. The number of benzene rings is 1. The van der Waals surface area contributed by atoms with Crippen molar-refractivity contribution in [3.05, 3.63) is 46.8 Å². The van der Waals surface area contributed by atoms with E-state index in [-0.39, 0.29) is 11.9 Å². The largest absolute Gasteiger partial charge is 0.307 e. The number of aryl methyl sites for hydroxylation is 1. The summed E-state index contributed by atoms with van der Waals surface area (Å²) in [5, 5.41) is 3.50. The second kappa shape index (κ2) is 5.46. The van der Waals surface area contributed by atoms with Crippen molar-refractivity contribution in [1.29, 1.82) is 0 Å². The van der Waals surface area contributed by atoms with Crippen molar-refractivity contribution in [1.82, 2.24) is 5.32 Å². The number of halogens is 1. The molecule has 0 radical (unpaired) electrons. The molecule has 1 nitrogen and oxygen atoms in total. The quantitative estimate of drug-likeness (QED) is 0.778. The van der Waals surface area contributed by atoms with E-state index in [0.717, 1.165) is 18.5 Å². The van der Waals surface area contributed by atoms with Crippen LogP contribution in [0.15, 0.2) is 29.8 Å². The smallest absolute Gasteiger partial charge is 0.126 e. The van der Waals surface area contributed by atoms with Gasteiger partial charge in [-0.1, -0.05) is 30.7 Å². The van der Waals surface area contributed by atoms with E-state index in [1.165, 1.54) is 24.0 Å². The summed E-state index contributed by atoms with van der Waals surface area (Å²) in [7, 11) is 0. The van der Waals surface area contributed by atoms with Gasteiger partial charge < -0.3 is 5.32 Å². The Bertz CT molecular complexity index is 423. The SMILES string of the molecule is CCNC(C1=CCCC1)c1ccc(F)c(C)c1. The number of rotatable bonds is 4. The molecule has 1 unspecified atom stereocenters. The van der Waals surface area contributed by atoms with Gasteiger partial charge in [-0.3, -0.25) is 0 Å². The highest BCUT2D eigenvalue weighted by Gasteiger charge is 2.18. The van der Waals surface area contributed by atoms with Gasteiger partial charge in [0.15, 0.2) is 0 Å². The minimum atomic E-state index is -0.121. The van der Waals surface area contributed by atoms with Crippen LogP contribution in [0.4, 0.5) is 4.39 Å². The molecule has 0 heterocycles. The van der Waals surface area contributed by atoms with Gasteiger partial charge >= 0.3 is 0 Å². The number of allylic oxidation sites excluding steroid dienone is 1. The van der Waals surface area contributed by atoms with Crippen LogP contribution in [0.2, 0.25) is 0 Å². The molecular formula is C15H20FN. The Kier molecular flexibility index (Phi) is 3.95. The van der Waals surface area contributed by atoms with E-state index in [4.69, 9.17) is 0 Å². The highest BCUT2D eigenvalue weighted by atomic mass is 19.1. The fourth-order valence-electron chi connectivity index (χ4n) is 2.47. The fraction of sp³-hybridized carbons (Fsp3) is 0.467. The number of hydrogen-bond acceptors (Lipinski definition) is 1. The number of nitrogens with one attached hydrogen (secondary N) is 1. The Morgan fingerprint density at radius 3 is 2.82 bits per heavy atom. The van der Waals surface area contributed by atoms with Crippen molar-refractivity contribution in [2.75, 3.05) is 6.54 Å². The van der Waals surface area contributed by atoms with Gasteiger partial charge in [0.1, 0.15) is 5.82 Å². The predicted octanol–water partition coefficient (Wildman–Crippen LogP) is 3.90. The Balaban J connectivity index is 2.28. The van der Waals surface area contributed by atoms with E-state index >= 15 is 0 Å². The van der Waals surface area contributed by atoms with E-state index in [1.807, 2.05) is 19.1 Å². The lowest BCUT2D eigenvalue weighted by Crippen LogP contribution is -2.22. The van der Waals surface area contributed by atoms with Gasteiger partial charge in [0.25, 0.3) is 0 Å². The van der Waals surface area contributed by atoms with Gasteiger partial charge in [-0.2, -0.15) is 0 Å². The molecule has 92 valence electrons. The minimum Gasteiger partial charge on any atom is -0.307 e. The topological polar surface area (TPSA) is 12.0 Å². The summed E-state index contributed by atoms with van der Waals surface area (Å²) in [6, 6.07) is 5.70. The van der Waals surface area contributed by atoms with Crippen molar-refractivity contribution in [3.8, 4) is 0 Å². The summed E-state index contributed by atoms with van der Waals surface area (Å²) >= 11 is 0. The maximum atomic E-state index is 13.3. The van der Waals surface area contributed by atoms with Crippen LogP contribution in [0.25, 0.3) is 0 Å². The second-order valence-electron chi connectivity index (χ2n) is 4.67. The van der Waals surface area contributed by atoms with Gasteiger partial charge in [-0.05, 0) is 49.9 Å². The first-order chi connectivity index (χ1) is 8.22. The van der Waals surface area contributed by atoms with Crippen LogP contribution in [0.5, 0.6) is 0 Å². The summed E-state index contributed by atoms with van der Waals surface area (Å²) in [5.74, 6) is -0.121. The lowest BCUT2D eigenvalue weighted by atomic mass is 9.96. The minimum absolute atomic E-state index is 0.121.